The van der Waals surface area contributed by atoms with E-state index >= 15 is 0 Å². The number of nitrogens with zero attached hydrogens (tertiary/aromatic N) is 3. The molecule has 0 aromatic heterocycles. The van der Waals surface area contributed by atoms with Crippen molar-refractivity contribution in [2.45, 2.75) is 97.6 Å². The van der Waals surface area contributed by atoms with Crippen LogP contribution in [0.3, 0.4) is 0 Å². The molecule has 1 aliphatic carbocycles. The molecule has 1 aromatic rings. The van der Waals surface area contributed by atoms with Crippen LogP contribution in [0.25, 0.3) is 0 Å². The molecule has 8 atom stereocenters. The summed E-state index contributed by atoms with van der Waals surface area (Å²) in [4.78, 5) is 5.53. The molecular weight excluding hydrogens is 513 g/mol. The maximum atomic E-state index is 9.64. The zero-order chi connectivity index (χ0) is 22.2. The number of hydrogen-bond donors (Lipinski definition) is 0. The summed E-state index contributed by atoms with van der Waals surface area (Å²) in [5.41, 5.74) is 5.04. The first-order valence-corrected chi connectivity index (χ1v) is 16.1. The van der Waals surface area contributed by atoms with Gasteiger partial charge in [-0.1, -0.05) is 0 Å². The van der Waals surface area contributed by atoms with E-state index in [9.17, 15) is 5.26 Å². The van der Waals surface area contributed by atoms with Crippen molar-refractivity contribution in [2.75, 3.05) is 4.90 Å². The number of hydrogen-bond acceptors (Lipinski definition) is 5. The van der Waals surface area contributed by atoms with E-state index in [1.807, 2.05) is 6.07 Å². The van der Waals surface area contributed by atoms with Gasteiger partial charge < -0.3 is 0 Å². The molecular formula is C26H33IN3O2-. The van der Waals surface area contributed by atoms with Gasteiger partial charge in [-0.05, 0) is 0 Å². The van der Waals surface area contributed by atoms with Crippen LogP contribution in [0.5, 0.6) is 0 Å². The number of anilines is 1. The van der Waals surface area contributed by atoms with E-state index in [1.165, 1.54) is 36.1 Å². The van der Waals surface area contributed by atoms with Gasteiger partial charge in [0.25, 0.3) is 0 Å². The molecule has 0 N–H and O–H groups in total. The number of piperazine rings is 1. The molecule has 32 heavy (non-hydrogen) atoms. The number of fused-ring (bicyclic) bond motifs is 10. The van der Waals surface area contributed by atoms with Crippen molar-refractivity contribution in [3.8, 4) is 6.07 Å². The Labute approximate surface area is 196 Å². The first kappa shape index (κ1) is 20.1. The molecule has 172 valence electrons. The minimum atomic E-state index is -3.19. The van der Waals surface area contributed by atoms with Gasteiger partial charge in [0.1, 0.15) is 0 Å². The summed E-state index contributed by atoms with van der Waals surface area (Å²) in [7, 11) is 0. The Morgan fingerprint density at radius 2 is 1.72 bits per heavy atom. The average molecular weight is 546 g/mol. The Balaban J connectivity index is 1.51. The molecule has 3 saturated heterocycles. The zero-order valence-electron chi connectivity index (χ0n) is 19.6. The van der Waals surface area contributed by atoms with Crippen LogP contribution in [-0.2, 0) is 6.13 Å². The van der Waals surface area contributed by atoms with Crippen molar-refractivity contribution >= 4 is 5.69 Å². The molecule has 6 heteroatoms. The Morgan fingerprint density at radius 3 is 2.44 bits per heavy atom. The van der Waals surface area contributed by atoms with Crippen molar-refractivity contribution in [3.05, 3.63) is 41.1 Å². The number of halogens is 1. The van der Waals surface area contributed by atoms with E-state index < -0.39 is 19.3 Å². The number of alkyl halides is 2. The molecule has 5 nitrogen and oxygen atoms in total. The Hall–Kier alpha value is -1.30. The predicted octanol–water partition coefficient (Wildman–Crippen LogP) is 1.88. The molecule has 1 aromatic carbocycles. The van der Waals surface area contributed by atoms with Gasteiger partial charge >= 0.3 is 197 Å². The molecule has 5 aliphatic heterocycles. The van der Waals surface area contributed by atoms with E-state index in [2.05, 4.69) is 68.8 Å². The normalized spacial score (nSPS) is 51.7. The van der Waals surface area contributed by atoms with Crippen LogP contribution in [-0.4, -0.2) is 36.3 Å². The van der Waals surface area contributed by atoms with Crippen molar-refractivity contribution < 1.29 is 25.4 Å². The molecule has 7 rings (SSSR count). The zero-order valence-corrected chi connectivity index (χ0v) is 21.8. The third-order valence-corrected chi connectivity index (χ3v) is 20.9. The van der Waals surface area contributed by atoms with E-state index in [0.717, 1.165) is 12.0 Å². The Morgan fingerprint density at radius 1 is 1.00 bits per heavy atom. The minimum absolute atomic E-state index is 0.0852. The first-order valence-electron chi connectivity index (χ1n) is 12.2. The van der Waals surface area contributed by atoms with Crippen LogP contribution in [0.1, 0.15) is 77.3 Å². The summed E-state index contributed by atoms with van der Waals surface area (Å²) in [6.07, 6.45) is 7.60. The molecule has 5 heterocycles. The summed E-state index contributed by atoms with van der Waals surface area (Å²) < 4.78 is 13.9. The summed E-state index contributed by atoms with van der Waals surface area (Å²) in [5, 5.41) is 9.64. The van der Waals surface area contributed by atoms with Crippen LogP contribution in [0, 0.1) is 17.2 Å². The van der Waals surface area contributed by atoms with Gasteiger partial charge in [0.2, 0.25) is 0 Å². The SMILES string of the molecule is CC1=CN2C3CC1CC1CC3N(c3ccc(C#N)cc31)C1(C)C2(C)[I-]12OC(C)CC(C)O2. The van der Waals surface area contributed by atoms with E-state index in [1.54, 1.807) is 0 Å². The van der Waals surface area contributed by atoms with E-state index in [-0.39, 0.29) is 19.3 Å². The number of allylic oxidation sites excluding steroid dienone is 1. The molecule has 0 amide bonds. The molecule has 8 unspecified atom stereocenters. The van der Waals surface area contributed by atoms with Crippen LogP contribution >= 0.6 is 0 Å². The predicted molar refractivity (Wildman–Crippen MR) is 119 cm³/mol. The fourth-order valence-electron chi connectivity index (χ4n) is 8.00. The molecule has 4 bridgehead atoms. The monoisotopic (exact) mass is 546 g/mol. The maximum absolute atomic E-state index is 9.64. The van der Waals surface area contributed by atoms with Crippen LogP contribution < -0.4 is 24.2 Å². The van der Waals surface area contributed by atoms with Crippen molar-refractivity contribution in [3.63, 3.8) is 0 Å². The van der Waals surface area contributed by atoms with Gasteiger partial charge in [0.15, 0.2) is 0 Å². The van der Waals surface area contributed by atoms with Crippen molar-refractivity contribution in [1.82, 2.24) is 4.90 Å². The topological polar surface area (TPSA) is 48.7 Å². The molecule has 6 aliphatic rings. The molecule has 4 fully saturated rings. The average Bonchev–Trinajstić information content (AvgIpc) is 3.23. The van der Waals surface area contributed by atoms with Gasteiger partial charge in [-0.3, -0.25) is 0 Å². The third-order valence-electron chi connectivity index (χ3n) is 9.52. The fourth-order valence-corrected chi connectivity index (χ4v) is 20.5. The number of benzene rings is 1. The summed E-state index contributed by atoms with van der Waals surface area (Å²) in [6.45, 7) is 11.7. The Kier molecular flexibility index (Phi) is 3.79. The fraction of sp³-hybridized carbons (Fsp3) is 0.654. The molecule has 1 saturated carbocycles. The molecule has 0 radical (unpaired) electrons. The van der Waals surface area contributed by atoms with Crippen LogP contribution in [0.2, 0.25) is 0 Å². The van der Waals surface area contributed by atoms with E-state index in [4.69, 9.17) is 6.13 Å². The second-order valence-electron chi connectivity index (χ2n) is 11.2. The van der Waals surface area contributed by atoms with Crippen molar-refractivity contribution in [2.24, 2.45) is 5.92 Å². The van der Waals surface area contributed by atoms with Crippen LogP contribution in [0.4, 0.5) is 5.69 Å². The van der Waals surface area contributed by atoms with Gasteiger partial charge in [0.05, 0.1) is 0 Å². The summed E-state index contributed by atoms with van der Waals surface area (Å²) in [6, 6.07) is 9.84. The quantitative estimate of drug-likeness (QED) is 0.283. The van der Waals surface area contributed by atoms with Gasteiger partial charge in [-0.25, -0.2) is 0 Å². The number of nitriles is 1. The summed E-state index contributed by atoms with van der Waals surface area (Å²) >= 11 is -3.19. The second kappa shape index (κ2) is 6.03. The van der Waals surface area contributed by atoms with Crippen molar-refractivity contribution in [1.29, 1.82) is 5.26 Å². The Bertz CT molecular complexity index is 1100. The number of rotatable bonds is 0. The van der Waals surface area contributed by atoms with Gasteiger partial charge in [-0.15, -0.1) is 0 Å². The molecule has 1 spiro atoms. The van der Waals surface area contributed by atoms with Crippen LogP contribution in [0.15, 0.2) is 30.0 Å². The third kappa shape index (κ3) is 2.01. The first-order chi connectivity index (χ1) is 15.2. The summed E-state index contributed by atoms with van der Waals surface area (Å²) in [5.74, 6) is 1.16. The second-order valence-corrected chi connectivity index (χ2v) is 19.1. The standard InChI is InChI=1S/C26H33IN3O2/c1-15-14-29-23-11-19(15)10-20-12-24(23)30(22-7-6-18(13-28)9-21(20)22)26(5)25(29,4)27(26)31-16(2)8-17(3)32-27/h6-7,9,14,16-17,19-20,23-24H,8,10-12H2,1-5H3/q-1. The van der Waals surface area contributed by atoms with E-state index in [0.29, 0.717) is 23.9 Å². The van der Waals surface area contributed by atoms with Gasteiger partial charge in [0, 0.05) is 0 Å². The van der Waals surface area contributed by atoms with Gasteiger partial charge in [-0.2, -0.15) is 0 Å².